The molecule has 15 atom stereocenters. The molecule has 0 aromatic rings. The summed E-state index contributed by atoms with van der Waals surface area (Å²) >= 11 is 0. The van der Waals surface area contributed by atoms with Gasteiger partial charge in [-0.15, -0.1) is 0 Å². The van der Waals surface area contributed by atoms with Crippen molar-refractivity contribution in [1.29, 1.82) is 0 Å². The normalized spacial score (nSPS) is 46.6. The fraction of sp³-hybridized carbons (Fsp3) is 0.952. The molecular weight excluding hydrogens is 512 g/mol. The number of carbonyl (C=O) groups is 1. The maximum Gasteiger partial charge on any atom is 0.249 e. The van der Waals surface area contributed by atoms with E-state index in [4.69, 9.17) is 47.6 Å². The molecule has 0 bridgehead atoms. The average Bonchev–Trinajstić information content (AvgIpc) is 3.16. The summed E-state index contributed by atoms with van der Waals surface area (Å²) in [5, 5.41) is 64.8. The van der Waals surface area contributed by atoms with Crippen molar-refractivity contribution in [2.24, 2.45) is 28.7 Å². The minimum atomic E-state index is -1.54. The molecule has 38 heavy (non-hydrogen) atoms. The third-order valence-corrected chi connectivity index (χ3v) is 7.21. The van der Waals surface area contributed by atoms with E-state index in [2.05, 4.69) is 5.32 Å². The van der Waals surface area contributed by atoms with Crippen LogP contribution in [0.1, 0.15) is 12.8 Å². The Kier molecular flexibility index (Phi) is 11.1. The lowest BCUT2D eigenvalue weighted by atomic mass is 9.83. The van der Waals surface area contributed by atoms with Crippen LogP contribution in [0.25, 0.3) is 0 Å². The van der Waals surface area contributed by atoms with Crippen molar-refractivity contribution in [2.75, 3.05) is 19.6 Å². The summed E-state index contributed by atoms with van der Waals surface area (Å²) < 4.78 is 22.9. The highest BCUT2D eigenvalue weighted by molar-refractivity contribution is 5.80. The van der Waals surface area contributed by atoms with Crippen molar-refractivity contribution in [3.05, 3.63) is 0 Å². The van der Waals surface area contributed by atoms with E-state index in [0.29, 0.717) is 0 Å². The van der Waals surface area contributed by atoms with Gasteiger partial charge in [-0.2, -0.15) is 0 Å². The van der Waals surface area contributed by atoms with Crippen LogP contribution in [0, 0.1) is 0 Å². The number of amides is 1. The number of nitrogens with one attached hydrogen (secondary N) is 1. The molecule has 2 saturated heterocycles. The molecule has 0 aromatic heterocycles. The van der Waals surface area contributed by atoms with E-state index in [9.17, 15) is 35.4 Å². The van der Waals surface area contributed by atoms with Gasteiger partial charge < -0.3 is 83.6 Å². The lowest BCUT2D eigenvalue weighted by Gasteiger charge is -2.48. The summed E-state index contributed by atoms with van der Waals surface area (Å²) in [6.45, 7) is -0.242. The third kappa shape index (κ3) is 6.60. The Morgan fingerprint density at radius 1 is 0.842 bits per heavy atom. The van der Waals surface area contributed by atoms with Gasteiger partial charge in [0.2, 0.25) is 5.91 Å². The summed E-state index contributed by atoms with van der Waals surface area (Å²) in [5.41, 5.74) is 29.0. The van der Waals surface area contributed by atoms with Crippen LogP contribution in [0.3, 0.4) is 0 Å². The number of ether oxygens (including phenoxy) is 4. The maximum atomic E-state index is 12.4. The molecule has 0 aromatic carbocycles. The van der Waals surface area contributed by atoms with E-state index in [-0.39, 0.29) is 32.5 Å². The summed E-state index contributed by atoms with van der Waals surface area (Å²) in [7, 11) is 0. The molecule has 222 valence electrons. The van der Waals surface area contributed by atoms with Gasteiger partial charge in [0.1, 0.15) is 61.0 Å². The Labute approximate surface area is 219 Å². The highest BCUT2D eigenvalue weighted by atomic mass is 16.7. The number of hydrogen-bond donors (Lipinski definition) is 12. The van der Waals surface area contributed by atoms with Gasteiger partial charge >= 0.3 is 0 Å². The molecule has 17 heteroatoms. The molecule has 2 heterocycles. The molecule has 1 aliphatic carbocycles. The van der Waals surface area contributed by atoms with Gasteiger partial charge in [0.15, 0.2) is 12.6 Å². The molecule has 3 rings (SSSR count). The molecule has 1 amide bonds. The fourth-order valence-electron chi connectivity index (χ4n) is 4.88. The average molecular weight is 555 g/mol. The summed E-state index contributed by atoms with van der Waals surface area (Å²) in [6, 6.07) is -3.22. The first kappa shape index (κ1) is 31.4. The third-order valence-electron chi connectivity index (χ3n) is 7.21. The fourth-order valence-corrected chi connectivity index (χ4v) is 4.88. The van der Waals surface area contributed by atoms with Crippen molar-refractivity contribution in [2.45, 2.75) is 105 Å². The summed E-state index contributed by atoms with van der Waals surface area (Å²) in [5.74, 6) is -0.791. The number of aliphatic hydroxyl groups is 6. The highest BCUT2D eigenvalue weighted by Gasteiger charge is 2.52. The van der Waals surface area contributed by atoms with Crippen molar-refractivity contribution >= 4 is 5.91 Å². The van der Waals surface area contributed by atoms with E-state index in [1.165, 1.54) is 0 Å². The Morgan fingerprint density at radius 2 is 1.39 bits per heavy atom. The van der Waals surface area contributed by atoms with Crippen LogP contribution in [-0.2, 0) is 23.7 Å². The Bertz CT molecular complexity index is 771. The van der Waals surface area contributed by atoms with Gasteiger partial charge in [-0.05, 0) is 19.4 Å². The van der Waals surface area contributed by atoms with Crippen molar-refractivity contribution in [3.8, 4) is 0 Å². The number of rotatable bonds is 10. The van der Waals surface area contributed by atoms with Gasteiger partial charge in [0, 0.05) is 19.1 Å². The zero-order chi connectivity index (χ0) is 28.3. The van der Waals surface area contributed by atoms with Gasteiger partial charge in [-0.25, -0.2) is 0 Å². The van der Waals surface area contributed by atoms with Gasteiger partial charge in [-0.1, -0.05) is 0 Å². The molecule has 2 aliphatic heterocycles. The number of hydrogen-bond acceptors (Lipinski definition) is 16. The van der Waals surface area contributed by atoms with Crippen molar-refractivity contribution in [1.82, 2.24) is 5.32 Å². The molecule has 1 saturated carbocycles. The number of aliphatic hydroxyl groups excluding tert-OH is 6. The van der Waals surface area contributed by atoms with Crippen molar-refractivity contribution in [3.63, 3.8) is 0 Å². The molecule has 0 radical (unpaired) electrons. The second-order valence-corrected chi connectivity index (χ2v) is 9.90. The van der Waals surface area contributed by atoms with Crippen LogP contribution < -0.4 is 34.0 Å². The molecule has 3 aliphatic rings. The van der Waals surface area contributed by atoms with Crippen molar-refractivity contribution < 1.29 is 54.4 Å². The van der Waals surface area contributed by atoms with Crippen LogP contribution in [0.5, 0.6) is 0 Å². The van der Waals surface area contributed by atoms with Crippen LogP contribution in [0.4, 0.5) is 0 Å². The smallest absolute Gasteiger partial charge is 0.249 e. The Balaban J connectivity index is 1.84. The minimum Gasteiger partial charge on any atom is -0.388 e. The van der Waals surface area contributed by atoms with E-state index >= 15 is 0 Å². The first-order valence-corrected chi connectivity index (χ1v) is 12.6. The predicted octanol–water partition coefficient (Wildman–Crippen LogP) is -7.82. The number of carbonyl (C=O) groups excluding carboxylic acids is 1. The lowest BCUT2D eigenvalue weighted by Crippen LogP contribution is -2.69. The lowest BCUT2D eigenvalue weighted by molar-refractivity contribution is -0.306. The molecule has 9 unspecified atom stereocenters. The summed E-state index contributed by atoms with van der Waals surface area (Å²) in [4.78, 5) is 12.4. The minimum absolute atomic E-state index is 0.0137. The summed E-state index contributed by atoms with van der Waals surface area (Å²) in [6.07, 6.45) is -16.2. The van der Waals surface area contributed by atoms with E-state index in [1.807, 2.05) is 0 Å². The first-order chi connectivity index (χ1) is 17.9. The topological polar surface area (TPSA) is 318 Å². The molecule has 17 nitrogen and oxygen atoms in total. The largest absolute Gasteiger partial charge is 0.388 e. The first-order valence-electron chi connectivity index (χ1n) is 12.6. The SMILES string of the molecule is NCCC(O)C(=O)N[C@@H]1CC(N)[C@@H](O[C@H]2OC(CN)[C@@H](O)C(O)C2N)C(O[C@@H]2O[C@H](CN)C(O)C2O)C1O. The second-order valence-electron chi connectivity index (χ2n) is 9.90. The standard InChI is InChI=1S/C21H42N6O11/c22-2-1-8(28)19(34)27-7-3-6(25)17(37-20-11(26)15(32)13(30)9(4-23)35-20)18(12(7)29)38-21-16(33)14(31)10(5-24)36-21/h6-18,20-21,28-33H,1-5,22-26H2,(H,27,34)/t6?,7-,8?,9?,10-,11?,12?,13-,14?,15?,16?,17-,18?,20-,21+/m1/s1. The zero-order valence-electron chi connectivity index (χ0n) is 20.8. The van der Waals surface area contributed by atoms with E-state index < -0.39 is 97.7 Å². The highest BCUT2D eigenvalue weighted by Crippen LogP contribution is 2.32. The van der Waals surface area contributed by atoms with E-state index in [0.717, 1.165) is 0 Å². The second kappa shape index (κ2) is 13.5. The number of nitrogens with two attached hydrogens (primary N) is 5. The Hall–Kier alpha value is -1.13. The Morgan fingerprint density at radius 3 is 1.97 bits per heavy atom. The quantitative estimate of drug-likeness (QED) is 0.119. The molecule has 0 spiro atoms. The van der Waals surface area contributed by atoms with E-state index in [1.54, 1.807) is 0 Å². The molecular formula is C21H42N6O11. The van der Waals surface area contributed by atoms with Crippen LogP contribution in [-0.4, -0.2) is 148 Å². The van der Waals surface area contributed by atoms with Crippen LogP contribution >= 0.6 is 0 Å². The van der Waals surface area contributed by atoms with Gasteiger partial charge in [0.05, 0.1) is 12.1 Å². The molecule has 17 N–H and O–H groups in total. The maximum absolute atomic E-state index is 12.4. The van der Waals surface area contributed by atoms with Crippen LogP contribution in [0.15, 0.2) is 0 Å². The van der Waals surface area contributed by atoms with Crippen LogP contribution in [0.2, 0.25) is 0 Å². The van der Waals surface area contributed by atoms with Gasteiger partial charge in [0.25, 0.3) is 0 Å². The molecule has 3 fully saturated rings. The van der Waals surface area contributed by atoms with Gasteiger partial charge in [-0.3, -0.25) is 4.79 Å². The monoisotopic (exact) mass is 554 g/mol. The predicted molar refractivity (Wildman–Crippen MR) is 127 cm³/mol. The zero-order valence-corrected chi connectivity index (χ0v) is 20.8.